The lowest BCUT2D eigenvalue weighted by atomic mass is 9.83. The fourth-order valence-electron chi connectivity index (χ4n) is 10.00. The van der Waals surface area contributed by atoms with Crippen LogP contribution < -0.4 is 41.8 Å². The lowest BCUT2D eigenvalue weighted by molar-refractivity contribution is -0.143. The SMILES string of the molecule is CNC(C)C(=O)NC(C(=O)N1CC(NC(=O)CCOCCOCCOCC#Cc2cnc(OCC3CCC(=O)N3)c3cc(OC)c(C(N)=O)cc23)CC1C(=O)NC1CCCc2ccccc21)C1CCCCC1. The summed E-state index contributed by atoms with van der Waals surface area (Å²) in [5.74, 6) is 4.75. The van der Waals surface area contributed by atoms with E-state index in [1.807, 2.05) is 18.2 Å². The molecule has 6 atom stereocenters. The first-order valence-corrected chi connectivity index (χ1v) is 25.3. The molecule has 3 fully saturated rings. The van der Waals surface area contributed by atoms with Gasteiger partial charge in [-0.15, -0.1) is 0 Å². The standard InChI is InChI=1S/C53H70N8O11/c1-33(55-2)50(65)60-48(35-12-5-4-6-13-35)53(67)61-31-38(27-44(61)51(66)59-43-17-9-14-34-11-7-8-16-39(34)43)58-47(63)20-22-70-24-26-71-25-23-69-21-10-15-36-30-56-52(72-32-37-18-19-46(62)57-37)41-29-45(68-3)42(49(54)64)28-40(36)41/h7-8,11,16,28-30,33,35,37-38,43-44,48,55H,4-6,9,12-14,17-27,31-32H2,1-3H3,(H2,54,64)(H,57,62)(H,58,63)(H,59,66)(H,60,65). The van der Waals surface area contributed by atoms with Crippen LogP contribution in [0.4, 0.5) is 0 Å². The number of methoxy groups -OCH3 is 1. The maximum atomic E-state index is 14.6. The molecular weight excluding hydrogens is 925 g/mol. The molecule has 1 aromatic heterocycles. The van der Waals surface area contributed by atoms with Gasteiger partial charge in [-0.2, -0.15) is 0 Å². The number of nitrogens with two attached hydrogens (primary N) is 1. The van der Waals surface area contributed by atoms with Gasteiger partial charge >= 0.3 is 0 Å². The van der Waals surface area contributed by atoms with E-state index < -0.39 is 30.1 Å². The van der Waals surface area contributed by atoms with E-state index in [4.69, 9.17) is 29.4 Å². The second-order valence-corrected chi connectivity index (χ2v) is 18.9. The minimum Gasteiger partial charge on any atom is -0.496 e. The van der Waals surface area contributed by atoms with Crippen LogP contribution in [0.15, 0.2) is 42.6 Å². The van der Waals surface area contributed by atoms with Gasteiger partial charge in [-0.25, -0.2) is 4.98 Å². The van der Waals surface area contributed by atoms with Gasteiger partial charge in [0.25, 0.3) is 5.91 Å². The van der Waals surface area contributed by atoms with Gasteiger partial charge < -0.3 is 60.9 Å². The molecule has 0 spiro atoms. The van der Waals surface area contributed by atoms with Crippen molar-refractivity contribution in [3.05, 3.63) is 64.8 Å². The van der Waals surface area contributed by atoms with Gasteiger partial charge in [-0.1, -0.05) is 55.4 Å². The summed E-state index contributed by atoms with van der Waals surface area (Å²) >= 11 is 0. The van der Waals surface area contributed by atoms with Gasteiger partial charge in [0.1, 0.15) is 31.0 Å². The predicted octanol–water partition coefficient (Wildman–Crippen LogP) is 2.74. The summed E-state index contributed by atoms with van der Waals surface area (Å²) in [5.41, 5.74) is 8.64. The number of hydrogen-bond donors (Lipinski definition) is 6. The van der Waals surface area contributed by atoms with Crippen molar-refractivity contribution in [3.8, 4) is 23.5 Å². The van der Waals surface area contributed by atoms with Crippen LogP contribution in [0.1, 0.15) is 111 Å². The third-order valence-electron chi connectivity index (χ3n) is 14.0. The van der Waals surface area contributed by atoms with Crippen LogP contribution in [-0.4, -0.2) is 142 Å². The number of amides is 6. The lowest BCUT2D eigenvalue weighted by Gasteiger charge is -2.35. The Bertz CT molecular complexity index is 2470. The van der Waals surface area contributed by atoms with Gasteiger partial charge in [0.15, 0.2) is 0 Å². The molecule has 4 aliphatic rings. The largest absolute Gasteiger partial charge is 0.496 e. The van der Waals surface area contributed by atoms with Crippen molar-refractivity contribution in [2.45, 2.75) is 120 Å². The number of hydrogen-bond acceptors (Lipinski definition) is 13. The number of benzene rings is 2. The molecule has 2 aromatic carbocycles. The first-order valence-electron chi connectivity index (χ1n) is 25.3. The maximum Gasteiger partial charge on any atom is 0.252 e. The number of primary amides is 1. The van der Waals surface area contributed by atoms with Crippen molar-refractivity contribution in [2.75, 3.05) is 67.0 Å². The van der Waals surface area contributed by atoms with E-state index >= 15 is 0 Å². The van der Waals surface area contributed by atoms with Crippen molar-refractivity contribution in [1.82, 2.24) is 36.5 Å². The summed E-state index contributed by atoms with van der Waals surface area (Å²) in [6.07, 6.45) is 10.2. The van der Waals surface area contributed by atoms with Crippen LogP contribution >= 0.6 is 0 Å². The van der Waals surface area contributed by atoms with Crippen LogP contribution in [0.2, 0.25) is 0 Å². The molecule has 2 aliphatic carbocycles. The number of carbonyl (C=O) groups excluding carboxylic acids is 6. The van der Waals surface area contributed by atoms with Crippen LogP contribution in [0, 0.1) is 17.8 Å². The lowest BCUT2D eigenvalue weighted by Crippen LogP contribution is -2.58. The van der Waals surface area contributed by atoms with E-state index in [1.54, 1.807) is 37.2 Å². The summed E-state index contributed by atoms with van der Waals surface area (Å²) in [7, 11) is 3.13. The molecule has 0 bridgehead atoms. The molecule has 6 unspecified atom stereocenters. The van der Waals surface area contributed by atoms with E-state index in [2.05, 4.69) is 49.5 Å². The first kappa shape index (κ1) is 53.5. The summed E-state index contributed by atoms with van der Waals surface area (Å²) in [6, 6.07) is 8.44. The van der Waals surface area contributed by atoms with E-state index in [9.17, 15) is 28.8 Å². The summed E-state index contributed by atoms with van der Waals surface area (Å²) < 4.78 is 28.4. The summed E-state index contributed by atoms with van der Waals surface area (Å²) in [6.45, 7) is 3.42. The van der Waals surface area contributed by atoms with Gasteiger partial charge in [0.05, 0.1) is 69.4 Å². The van der Waals surface area contributed by atoms with Gasteiger partial charge in [0, 0.05) is 42.4 Å². The van der Waals surface area contributed by atoms with Crippen LogP contribution in [0.3, 0.4) is 0 Å². The molecule has 2 aliphatic heterocycles. The number of rotatable bonds is 23. The zero-order valence-corrected chi connectivity index (χ0v) is 41.7. The minimum atomic E-state index is -0.829. The Hall–Kier alpha value is -6.33. The van der Waals surface area contributed by atoms with E-state index in [0.29, 0.717) is 35.1 Å². The van der Waals surface area contributed by atoms with Crippen LogP contribution in [0.25, 0.3) is 10.8 Å². The second-order valence-electron chi connectivity index (χ2n) is 18.9. The zero-order chi connectivity index (χ0) is 51.0. The first-order chi connectivity index (χ1) is 34.9. The molecule has 388 valence electrons. The predicted molar refractivity (Wildman–Crippen MR) is 267 cm³/mol. The van der Waals surface area contributed by atoms with Crippen LogP contribution in [0.5, 0.6) is 11.6 Å². The number of aryl methyl sites for hydroxylation is 1. The van der Waals surface area contributed by atoms with Crippen molar-refractivity contribution < 1.29 is 52.5 Å². The van der Waals surface area contributed by atoms with Crippen molar-refractivity contribution in [2.24, 2.45) is 11.7 Å². The Morgan fingerprint density at radius 3 is 2.42 bits per heavy atom. The van der Waals surface area contributed by atoms with E-state index in [0.717, 1.165) is 56.9 Å². The van der Waals surface area contributed by atoms with E-state index in [-0.39, 0.29) is 124 Å². The number of likely N-dealkylation sites (tertiary alicyclic amines) is 1. The molecule has 0 radical (unpaired) electrons. The fourth-order valence-corrected chi connectivity index (χ4v) is 10.00. The monoisotopic (exact) mass is 995 g/mol. The number of nitrogens with one attached hydrogen (secondary N) is 5. The van der Waals surface area contributed by atoms with Gasteiger partial charge in [-0.3, -0.25) is 28.8 Å². The number of pyridine rings is 1. The molecule has 19 heteroatoms. The Labute approximate surface area is 421 Å². The van der Waals surface area contributed by atoms with Crippen molar-refractivity contribution in [3.63, 3.8) is 0 Å². The Kier molecular flexibility index (Phi) is 19.6. The molecule has 7 rings (SSSR count). The van der Waals surface area contributed by atoms with Crippen LogP contribution in [-0.2, 0) is 44.6 Å². The topological polar surface area (TPSA) is 251 Å². The number of fused-ring (bicyclic) bond motifs is 2. The molecule has 7 N–H and O–H groups in total. The van der Waals surface area contributed by atoms with Gasteiger partial charge in [-0.05, 0) is 88.1 Å². The normalized spacial score (nSPS) is 20.6. The minimum absolute atomic E-state index is 0.0220. The number of likely N-dealkylation sites (N-methyl/N-ethyl adjacent to an activating group) is 1. The number of aromatic nitrogens is 1. The Morgan fingerprint density at radius 2 is 1.68 bits per heavy atom. The smallest absolute Gasteiger partial charge is 0.252 e. The molecule has 3 aromatic rings. The molecule has 3 heterocycles. The summed E-state index contributed by atoms with van der Waals surface area (Å²) in [4.78, 5) is 85.3. The molecule has 1 saturated carbocycles. The molecule has 72 heavy (non-hydrogen) atoms. The molecular formula is C53H70N8O11. The highest BCUT2D eigenvalue weighted by molar-refractivity contribution is 6.03. The van der Waals surface area contributed by atoms with Gasteiger partial charge in [0.2, 0.25) is 35.4 Å². The highest BCUT2D eigenvalue weighted by atomic mass is 16.5. The molecule has 19 nitrogen and oxygen atoms in total. The third kappa shape index (κ3) is 14.2. The third-order valence-corrected chi connectivity index (χ3v) is 14.0. The zero-order valence-electron chi connectivity index (χ0n) is 41.7. The van der Waals surface area contributed by atoms with Crippen molar-refractivity contribution in [1.29, 1.82) is 0 Å². The fraction of sp³-hybridized carbons (Fsp3) is 0.566. The second kappa shape index (κ2) is 26.4. The summed E-state index contributed by atoms with van der Waals surface area (Å²) in [5, 5.41) is 16.3. The number of nitrogens with zero attached hydrogens (tertiary/aromatic N) is 2. The number of ether oxygens (including phenoxy) is 5. The van der Waals surface area contributed by atoms with Crippen molar-refractivity contribution >= 4 is 46.2 Å². The van der Waals surface area contributed by atoms with E-state index in [1.165, 1.54) is 12.7 Å². The Balaban J connectivity index is 0.858. The molecule has 6 amide bonds. The average Bonchev–Trinajstić information content (AvgIpc) is 4.02. The highest BCUT2D eigenvalue weighted by Crippen LogP contribution is 2.34. The average molecular weight is 995 g/mol. The number of carbonyl (C=O) groups is 6. The highest BCUT2D eigenvalue weighted by Gasteiger charge is 2.45. The molecule has 2 saturated heterocycles. The maximum absolute atomic E-state index is 14.6. The quantitative estimate of drug-likeness (QED) is 0.0592. The Morgan fingerprint density at radius 1 is 0.917 bits per heavy atom.